The first-order valence-electron chi connectivity index (χ1n) is 6.86. The summed E-state index contributed by atoms with van der Waals surface area (Å²) >= 11 is 2.06. The van der Waals surface area contributed by atoms with Gasteiger partial charge in [-0.15, -0.1) is 11.8 Å². The maximum Gasteiger partial charge on any atom is 0.0587 e. The van der Waals surface area contributed by atoms with Gasteiger partial charge in [0.05, 0.1) is 5.25 Å². The van der Waals surface area contributed by atoms with E-state index in [4.69, 9.17) is 0 Å². The van der Waals surface area contributed by atoms with E-state index in [0.717, 1.165) is 0 Å². The maximum atomic E-state index is 2.31. The Kier molecular flexibility index (Phi) is 3.52. The summed E-state index contributed by atoms with van der Waals surface area (Å²) in [7, 11) is 2.17. The monoisotopic (exact) mass is 269 g/mol. The van der Waals surface area contributed by atoms with Gasteiger partial charge in [-0.3, -0.25) is 0 Å². The van der Waals surface area contributed by atoms with Gasteiger partial charge in [-0.05, 0) is 35.4 Å². The second-order valence-electron chi connectivity index (χ2n) is 4.93. The molecule has 3 rings (SSSR count). The van der Waals surface area contributed by atoms with Crippen LogP contribution in [0, 0.1) is 0 Å². The maximum absolute atomic E-state index is 2.31. The second-order valence-corrected chi connectivity index (χ2v) is 6.14. The highest BCUT2D eigenvalue weighted by atomic mass is 32.2. The number of nitrogens with zero attached hydrogens (tertiary/aromatic N) is 1. The summed E-state index contributed by atoms with van der Waals surface area (Å²) in [5, 5.41) is 0.476. The molecule has 1 nitrogen and oxygen atoms in total. The molecule has 0 radical (unpaired) electrons. The van der Waals surface area contributed by atoms with Gasteiger partial charge in [-0.2, -0.15) is 0 Å². The lowest BCUT2D eigenvalue weighted by molar-refractivity contribution is 1.02. The van der Waals surface area contributed by atoms with Crippen molar-refractivity contribution < 1.29 is 0 Å². The van der Waals surface area contributed by atoms with E-state index in [-0.39, 0.29) is 0 Å². The molecular formula is C17H19NS. The molecule has 1 aliphatic rings. The molecule has 2 heteroatoms. The van der Waals surface area contributed by atoms with Crippen molar-refractivity contribution in [3.05, 3.63) is 59.7 Å². The summed E-state index contributed by atoms with van der Waals surface area (Å²) < 4.78 is 0. The Bertz CT molecular complexity index is 531. The average Bonchev–Trinajstić information content (AvgIpc) is 2.47. The smallest absolute Gasteiger partial charge is 0.0587 e. The van der Waals surface area contributed by atoms with Crippen LogP contribution in [0.2, 0.25) is 0 Å². The number of anilines is 2. The molecular weight excluding hydrogens is 250 g/mol. The molecule has 0 N–H and O–H groups in total. The first kappa shape index (κ1) is 12.6. The summed E-state index contributed by atoms with van der Waals surface area (Å²) in [5.41, 5.74) is 5.58. The number of thioether (sulfide) groups is 1. The third-order valence-electron chi connectivity index (χ3n) is 3.65. The first-order valence-corrected chi connectivity index (χ1v) is 7.91. The van der Waals surface area contributed by atoms with E-state index in [1.807, 2.05) is 0 Å². The van der Waals surface area contributed by atoms with Crippen molar-refractivity contribution in [1.29, 1.82) is 0 Å². The largest absolute Gasteiger partial charge is 0.344 e. The van der Waals surface area contributed by atoms with Gasteiger partial charge in [0.2, 0.25) is 0 Å². The van der Waals surface area contributed by atoms with E-state index in [9.17, 15) is 0 Å². The van der Waals surface area contributed by atoms with Crippen LogP contribution >= 0.6 is 11.8 Å². The summed E-state index contributed by atoms with van der Waals surface area (Å²) in [5.74, 6) is 1.21. The van der Waals surface area contributed by atoms with Gasteiger partial charge in [-0.25, -0.2) is 0 Å². The molecule has 0 bridgehead atoms. The quantitative estimate of drug-likeness (QED) is 0.771. The molecule has 0 amide bonds. The molecule has 19 heavy (non-hydrogen) atoms. The molecule has 98 valence electrons. The highest BCUT2D eigenvalue weighted by Gasteiger charge is 2.27. The highest BCUT2D eigenvalue weighted by molar-refractivity contribution is 7.99. The van der Waals surface area contributed by atoms with Gasteiger partial charge in [-0.1, -0.05) is 43.3 Å². The molecule has 0 fully saturated rings. The predicted octanol–water partition coefficient (Wildman–Crippen LogP) is 5.00. The Morgan fingerprint density at radius 1 is 0.947 bits per heavy atom. The van der Waals surface area contributed by atoms with E-state index >= 15 is 0 Å². The lowest BCUT2D eigenvalue weighted by Gasteiger charge is -2.35. The van der Waals surface area contributed by atoms with Crippen LogP contribution < -0.4 is 4.90 Å². The van der Waals surface area contributed by atoms with E-state index < -0.39 is 0 Å². The molecule has 2 aromatic carbocycles. The van der Waals surface area contributed by atoms with E-state index in [0.29, 0.717) is 5.25 Å². The summed E-state index contributed by atoms with van der Waals surface area (Å²) in [4.78, 5) is 2.31. The van der Waals surface area contributed by atoms with Crippen LogP contribution in [0.25, 0.3) is 0 Å². The van der Waals surface area contributed by atoms with Crippen LogP contribution in [-0.2, 0) is 0 Å². The van der Waals surface area contributed by atoms with Gasteiger partial charge >= 0.3 is 0 Å². The van der Waals surface area contributed by atoms with Crippen molar-refractivity contribution in [2.24, 2.45) is 0 Å². The van der Waals surface area contributed by atoms with Crippen molar-refractivity contribution in [2.75, 3.05) is 17.7 Å². The lowest BCUT2D eigenvalue weighted by Crippen LogP contribution is -2.20. The van der Waals surface area contributed by atoms with Crippen molar-refractivity contribution in [3.63, 3.8) is 0 Å². The topological polar surface area (TPSA) is 3.24 Å². The Hall–Kier alpha value is -1.41. The Morgan fingerprint density at radius 3 is 2.00 bits per heavy atom. The molecule has 0 aliphatic carbocycles. The van der Waals surface area contributed by atoms with Crippen LogP contribution in [0.1, 0.15) is 29.7 Å². The standard InChI is InChI=1S/C17H19NS/c1-3-12-19-17-13-8-4-6-10-15(13)18(2)16-11-7-5-9-14(16)17/h4-11,17H,3,12H2,1-2H3. The molecule has 0 aromatic heterocycles. The van der Waals surface area contributed by atoms with Gasteiger partial charge in [0.25, 0.3) is 0 Å². The molecule has 2 aromatic rings. The summed E-state index contributed by atoms with van der Waals surface area (Å²) in [6.45, 7) is 2.25. The van der Waals surface area contributed by atoms with Crippen LogP contribution in [0.15, 0.2) is 48.5 Å². The van der Waals surface area contributed by atoms with Gasteiger partial charge in [0.1, 0.15) is 0 Å². The second kappa shape index (κ2) is 5.30. The van der Waals surface area contributed by atoms with Crippen molar-refractivity contribution in [3.8, 4) is 0 Å². The number of hydrogen-bond donors (Lipinski definition) is 0. The Morgan fingerprint density at radius 2 is 1.47 bits per heavy atom. The Balaban J connectivity index is 2.12. The first-order chi connectivity index (χ1) is 9.33. The molecule has 0 saturated carbocycles. The third kappa shape index (κ3) is 2.14. The van der Waals surface area contributed by atoms with Gasteiger partial charge in [0.15, 0.2) is 0 Å². The zero-order chi connectivity index (χ0) is 13.2. The number of para-hydroxylation sites is 2. The van der Waals surface area contributed by atoms with Crippen molar-refractivity contribution >= 4 is 23.1 Å². The average molecular weight is 269 g/mol. The highest BCUT2D eigenvalue weighted by Crippen LogP contribution is 2.49. The number of hydrogen-bond acceptors (Lipinski definition) is 2. The molecule has 0 atom stereocenters. The fourth-order valence-corrected chi connectivity index (χ4v) is 3.97. The van der Waals surface area contributed by atoms with Gasteiger partial charge < -0.3 is 4.90 Å². The number of benzene rings is 2. The molecule has 0 saturated heterocycles. The number of rotatable bonds is 3. The van der Waals surface area contributed by atoms with E-state index in [1.54, 1.807) is 0 Å². The molecule has 0 unspecified atom stereocenters. The van der Waals surface area contributed by atoms with Crippen molar-refractivity contribution in [1.82, 2.24) is 0 Å². The Labute approximate surface area is 119 Å². The zero-order valence-corrected chi connectivity index (χ0v) is 12.3. The summed E-state index contributed by atoms with van der Waals surface area (Å²) in [6, 6.07) is 17.6. The molecule has 1 aliphatic heterocycles. The van der Waals surface area contributed by atoms with Crippen LogP contribution in [0.5, 0.6) is 0 Å². The fraction of sp³-hybridized carbons (Fsp3) is 0.294. The van der Waals surface area contributed by atoms with Gasteiger partial charge in [0, 0.05) is 18.4 Å². The van der Waals surface area contributed by atoms with Crippen LogP contribution in [0.4, 0.5) is 11.4 Å². The zero-order valence-electron chi connectivity index (χ0n) is 11.5. The lowest BCUT2D eigenvalue weighted by atomic mass is 9.95. The molecule has 1 heterocycles. The van der Waals surface area contributed by atoms with Crippen molar-refractivity contribution in [2.45, 2.75) is 18.6 Å². The fourth-order valence-electron chi connectivity index (χ4n) is 2.74. The van der Waals surface area contributed by atoms with E-state index in [2.05, 4.69) is 79.2 Å². The SMILES string of the molecule is CCCSC1c2ccccc2N(C)c2ccccc21. The van der Waals surface area contributed by atoms with E-state index in [1.165, 1.54) is 34.7 Å². The minimum absolute atomic E-state index is 0.476. The number of fused-ring (bicyclic) bond motifs is 2. The minimum Gasteiger partial charge on any atom is -0.344 e. The normalized spacial score (nSPS) is 14.1. The minimum atomic E-state index is 0.476. The molecule has 0 spiro atoms. The van der Waals surface area contributed by atoms with Crippen LogP contribution in [-0.4, -0.2) is 12.8 Å². The predicted molar refractivity (Wildman–Crippen MR) is 85.5 cm³/mol. The third-order valence-corrected chi connectivity index (χ3v) is 5.13. The van der Waals surface area contributed by atoms with Crippen LogP contribution in [0.3, 0.4) is 0 Å². The summed E-state index contributed by atoms with van der Waals surface area (Å²) in [6.07, 6.45) is 1.22.